The second-order valence-electron chi connectivity index (χ2n) is 6.98. The fourth-order valence-corrected chi connectivity index (χ4v) is 2.59. The monoisotopic (exact) mass is 312 g/mol. The summed E-state index contributed by atoms with van der Waals surface area (Å²) in [7, 11) is 0. The van der Waals surface area contributed by atoms with Crippen LogP contribution >= 0.6 is 0 Å². The fourth-order valence-electron chi connectivity index (χ4n) is 2.59. The largest absolute Gasteiger partial charge is 0.374 e. The van der Waals surface area contributed by atoms with Crippen LogP contribution in [-0.2, 0) is 4.74 Å². The summed E-state index contributed by atoms with van der Waals surface area (Å²) in [6.45, 7) is 17.7. The number of nitrogens with one attached hydrogen (secondary N) is 2. The molecule has 5 heteroatoms. The van der Waals surface area contributed by atoms with Crippen molar-refractivity contribution in [2.24, 2.45) is 16.8 Å². The van der Waals surface area contributed by atoms with Crippen molar-refractivity contribution in [1.82, 2.24) is 15.5 Å². The molecule has 1 unspecified atom stereocenters. The molecule has 0 aromatic rings. The van der Waals surface area contributed by atoms with Crippen LogP contribution in [0.2, 0.25) is 0 Å². The van der Waals surface area contributed by atoms with Crippen LogP contribution in [0.15, 0.2) is 4.99 Å². The van der Waals surface area contributed by atoms with E-state index in [2.05, 4.69) is 50.2 Å². The summed E-state index contributed by atoms with van der Waals surface area (Å²) >= 11 is 0. The molecule has 0 amide bonds. The molecule has 0 aromatic carbocycles. The van der Waals surface area contributed by atoms with Gasteiger partial charge in [0.05, 0.1) is 19.3 Å². The standard InChI is InChI=1S/C17H36N4O/c1-6-18-17(19-8-7-14(2)3)20-11-16-13-21(9-10-22-16)12-15(4)5/h14-16H,6-13H2,1-5H3,(H2,18,19,20). The zero-order chi connectivity index (χ0) is 16.4. The van der Waals surface area contributed by atoms with Crippen molar-refractivity contribution in [1.29, 1.82) is 0 Å². The van der Waals surface area contributed by atoms with Gasteiger partial charge in [0, 0.05) is 32.7 Å². The number of guanidine groups is 1. The van der Waals surface area contributed by atoms with Crippen molar-refractivity contribution in [3.05, 3.63) is 0 Å². The van der Waals surface area contributed by atoms with Gasteiger partial charge < -0.3 is 15.4 Å². The van der Waals surface area contributed by atoms with Crippen LogP contribution in [0.4, 0.5) is 0 Å². The molecular formula is C17H36N4O. The molecule has 0 bridgehead atoms. The van der Waals surface area contributed by atoms with Gasteiger partial charge in [-0.3, -0.25) is 9.89 Å². The highest BCUT2D eigenvalue weighted by molar-refractivity contribution is 5.79. The first-order valence-corrected chi connectivity index (χ1v) is 8.87. The van der Waals surface area contributed by atoms with E-state index in [0.717, 1.165) is 58.3 Å². The van der Waals surface area contributed by atoms with Crippen LogP contribution in [0.25, 0.3) is 0 Å². The van der Waals surface area contributed by atoms with Crippen LogP contribution in [0.3, 0.4) is 0 Å². The molecule has 1 aliphatic rings. The smallest absolute Gasteiger partial charge is 0.191 e. The quantitative estimate of drug-likeness (QED) is 0.531. The zero-order valence-electron chi connectivity index (χ0n) is 15.2. The maximum Gasteiger partial charge on any atom is 0.191 e. The van der Waals surface area contributed by atoms with E-state index >= 15 is 0 Å². The Labute approximate surface area is 136 Å². The molecule has 0 saturated carbocycles. The van der Waals surface area contributed by atoms with Crippen LogP contribution in [0.5, 0.6) is 0 Å². The Balaban J connectivity index is 2.40. The van der Waals surface area contributed by atoms with E-state index in [1.54, 1.807) is 0 Å². The van der Waals surface area contributed by atoms with Gasteiger partial charge in [0.25, 0.3) is 0 Å². The molecule has 1 aliphatic heterocycles. The van der Waals surface area contributed by atoms with E-state index in [-0.39, 0.29) is 6.10 Å². The summed E-state index contributed by atoms with van der Waals surface area (Å²) in [5.74, 6) is 2.33. The molecule has 22 heavy (non-hydrogen) atoms. The maximum absolute atomic E-state index is 5.86. The van der Waals surface area contributed by atoms with Crippen molar-refractivity contribution in [2.75, 3.05) is 45.9 Å². The molecule has 0 radical (unpaired) electrons. The van der Waals surface area contributed by atoms with Crippen LogP contribution in [-0.4, -0.2) is 62.8 Å². The summed E-state index contributed by atoms with van der Waals surface area (Å²) in [4.78, 5) is 7.18. The number of hydrogen-bond acceptors (Lipinski definition) is 3. The van der Waals surface area contributed by atoms with Crippen molar-refractivity contribution < 1.29 is 4.74 Å². The first-order chi connectivity index (χ1) is 10.5. The average Bonchev–Trinajstić information content (AvgIpc) is 2.44. The van der Waals surface area contributed by atoms with Crippen molar-refractivity contribution in [3.63, 3.8) is 0 Å². The molecule has 1 atom stereocenters. The number of morpholine rings is 1. The SMILES string of the molecule is CCNC(=NCC1CN(CC(C)C)CCO1)NCCC(C)C. The van der Waals surface area contributed by atoms with Gasteiger partial charge in [-0.25, -0.2) is 0 Å². The predicted molar refractivity (Wildman–Crippen MR) is 94.5 cm³/mol. The van der Waals surface area contributed by atoms with Crippen molar-refractivity contribution in [3.8, 4) is 0 Å². The number of hydrogen-bond donors (Lipinski definition) is 2. The molecule has 5 nitrogen and oxygen atoms in total. The summed E-state index contributed by atoms with van der Waals surface area (Å²) < 4.78 is 5.86. The van der Waals surface area contributed by atoms with Gasteiger partial charge in [0.15, 0.2) is 5.96 Å². The Hall–Kier alpha value is -0.810. The van der Waals surface area contributed by atoms with E-state index in [1.807, 2.05) is 0 Å². The minimum atomic E-state index is 0.216. The Morgan fingerprint density at radius 2 is 2.00 bits per heavy atom. The highest BCUT2D eigenvalue weighted by atomic mass is 16.5. The lowest BCUT2D eigenvalue weighted by Gasteiger charge is -2.33. The second-order valence-corrected chi connectivity index (χ2v) is 6.98. The maximum atomic E-state index is 5.86. The molecule has 2 N–H and O–H groups in total. The molecule has 1 saturated heterocycles. The van der Waals surface area contributed by atoms with Gasteiger partial charge in [-0.2, -0.15) is 0 Å². The normalized spacial score (nSPS) is 20.7. The van der Waals surface area contributed by atoms with E-state index in [1.165, 1.54) is 0 Å². The van der Waals surface area contributed by atoms with Crippen molar-refractivity contribution in [2.45, 2.75) is 47.1 Å². The molecule has 1 heterocycles. The molecule has 1 rings (SSSR count). The van der Waals surface area contributed by atoms with Gasteiger partial charge in [-0.05, 0) is 25.2 Å². The highest BCUT2D eigenvalue weighted by Gasteiger charge is 2.20. The summed E-state index contributed by atoms with van der Waals surface area (Å²) in [6.07, 6.45) is 1.38. The van der Waals surface area contributed by atoms with Crippen molar-refractivity contribution >= 4 is 5.96 Å². The Bertz CT molecular complexity index is 318. The lowest BCUT2D eigenvalue weighted by Crippen LogP contribution is -2.46. The van der Waals surface area contributed by atoms with Gasteiger partial charge >= 0.3 is 0 Å². The molecular weight excluding hydrogens is 276 g/mol. The topological polar surface area (TPSA) is 48.9 Å². The predicted octanol–water partition coefficient (Wildman–Crippen LogP) is 1.94. The molecule has 0 aromatic heterocycles. The van der Waals surface area contributed by atoms with E-state index in [9.17, 15) is 0 Å². The minimum absolute atomic E-state index is 0.216. The van der Waals surface area contributed by atoms with Crippen LogP contribution in [0.1, 0.15) is 41.0 Å². The molecule has 130 valence electrons. The second kappa shape index (κ2) is 10.8. The van der Waals surface area contributed by atoms with E-state index in [0.29, 0.717) is 11.8 Å². The van der Waals surface area contributed by atoms with E-state index in [4.69, 9.17) is 9.73 Å². The van der Waals surface area contributed by atoms with Gasteiger partial charge in [0.1, 0.15) is 0 Å². The average molecular weight is 313 g/mol. The summed E-state index contributed by atoms with van der Waals surface area (Å²) in [5.41, 5.74) is 0. The van der Waals surface area contributed by atoms with Gasteiger partial charge in [-0.15, -0.1) is 0 Å². The third-order valence-corrected chi connectivity index (χ3v) is 3.66. The molecule has 0 aliphatic carbocycles. The number of ether oxygens (including phenoxy) is 1. The third-order valence-electron chi connectivity index (χ3n) is 3.66. The molecule has 1 fully saturated rings. The Morgan fingerprint density at radius 3 is 2.64 bits per heavy atom. The number of aliphatic imine (C=N–C) groups is 1. The van der Waals surface area contributed by atoms with Crippen LogP contribution in [0, 0.1) is 11.8 Å². The highest BCUT2D eigenvalue weighted by Crippen LogP contribution is 2.08. The van der Waals surface area contributed by atoms with Gasteiger partial charge in [0.2, 0.25) is 0 Å². The summed E-state index contributed by atoms with van der Waals surface area (Å²) in [5, 5.41) is 6.71. The Kier molecular flexibility index (Phi) is 9.48. The first-order valence-electron chi connectivity index (χ1n) is 8.87. The first kappa shape index (κ1) is 19.2. The third kappa shape index (κ3) is 8.59. The minimum Gasteiger partial charge on any atom is -0.374 e. The van der Waals surface area contributed by atoms with Gasteiger partial charge in [-0.1, -0.05) is 27.7 Å². The van der Waals surface area contributed by atoms with E-state index < -0.39 is 0 Å². The molecule has 0 spiro atoms. The number of rotatable bonds is 8. The lowest BCUT2D eigenvalue weighted by atomic mass is 10.1. The van der Waals surface area contributed by atoms with Crippen LogP contribution < -0.4 is 10.6 Å². The summed E-state index contributed by atoms with van der Waals surface area (Å²) in [6, 6.07) is 0. The Morgan fingerprint density at radius 1 is 1.23 bits per heavy atom. The zero-order valence-corrected chi connectivity index (χ0v) is 15.2. The lowest BCUT2D eigenvalue weighted by molar-refractivity contribution is -0.0261. The fraction of sp³-hybridized carbons (Fsp3) is 0.941. The number of nitrogens with zero attached hydrogens (tertiary/aromatic N) is 2.